The minimum atomic E-state index is -0.0797. The lowest BCUT2D eigenvalue weighted by atomic mass is 10.0. The van der Waals surface area contributed by atoms with Crippen molar-refractivity contribution in [3.8, 4) is 5.75 Å². The van der Waals surface area contributed by atoms with E-state index in [-0.39, 0.29) is 5.91 Å². The van der Waals surface area contributed by atoms with Gasteiger partial charge >= 0.3 is 0 Å². The number of carbonyl (C=O) groups is 1. The lowest BCUT2D eigenvalue weighted by molar-refractivity contribution is 0.0941. The average Bonchev–Trinajstić information content (AvgIpc) is 2.36. The van der Waals surface area contributed by atoms with E-state index in [1.165, 1.54) is 0 Å². The van der Waals surface area contributed by atoms with Crippen LogP contribution >= 0.6 is 0 Å². The standard InChI is InChI=1S/C13H12N2O2/c1-17-10-2-3-11-9(7-10)6-8-4-5-14-13(16)12(8)15-11/h2-3,6-7H,4-5H2,1H3,(H,14,16). The molecule has 4 heteroatoms. The topological polar surface area (TPSA) is 51.2 Å². The van der Waals surface area contributed by atoms with E-state index in [0.717, 1.165) is 28.6 Å². The number of pyridine rings is 1. The van der Waals surface area contributed by atoms with Crippen LogP contribution in [0, 0.1) is 0 Å². The third kappa shape index (κ3) is 1.62. The average molecular weight is 228 g/mol. The molecule has 0 saturated carbocycles. The van der Waals surface area contributed by atoms with Gasteiger partial charge in [-0.05, 0) is 36.2 Å². The highest BCUT2D eigenvalue weighted by molar-refractivity contribution is 5.97. The van der Waals surface area contributed by atoms with E-state index in [9.17, 15) is 4.79 Å². The van der Waals surface area contributed by atoms with Gasteiger partial charge in [0.2, 0.25) is 0 Å². The predicted molar refractivity (Wildman–Crippen MR) is 64.3 cm³/mol. The fourth-order valence-electron chi connectivity index (χ4n) is 2.11. The third-order valence-corrected chi connectivity index (χ3v) is 3.00. The maximum absolute atomic E-state index is 11.7. The Balaban J connectivity index is 2.23. The number of rotatable bonds is 1. The fraction of sp³-hybridized carbons (Fsp3) is 0.231. The molecular weight excluding hydrogens is 216 g/mol. The molecule has 0 aliphatic carbocycles. The van der Waals surface area contributed by atoms with E-state index >= 15 is 0 Å². The molecule has 1 aromatic carbocycles. The zero-order chi connectivity index (χ0) is 11.8. The van der Waals surface area contributed by atoms with Crippen molar-refractivity contribution in [3.05, 3.63) is 35.5 Å². The molecule has 2 aromatic rings. The minimum Gasteiger partial charge on any atom is -0.497 e. The van der Waals surface area contributed by atoms with Gasteiger partial charge in [0.1, 0.15) is 11.4 Å². The Bertz CT molecular complexity index is 608. The van der Waals surface area contributed by atoms with Gasteiger partial charge in [0, 0.05) is 11.9 Å². The lowest BCUT2D eigenvalue weighted by Crippen LogP contribution is -2.32. The summed E-state index contributed by atoms with van der Waals surface area (Å²) in [6, 6.07) is 7.69. The summed E-state index contributed by atoms with van der Waals surface area (Å²) in [5, 5.41) is 3.81. The second-order valence-electron chi connectivity index (χ2n) is 4.06. The summed E-state index contributed by atoms with van der Waals surface area (Å²) in [5.41, 5.74) is 2.38. The zero-order valence-corrected chi connectivity index (χ0v) is 9.49. The molecule has 0 radical (unpaired) electrons. The number of benzene rings is 1. The maximum Gasteiger partial charge on any atom is 0.270 e. The molecule has 4 nitrogen and oxygen atoms in total. The van der Waals surface area contributed by atoms with E-state index in [0.29, 0.717) is 12.2 Å². The summed E-state index contributed by atoms with van der Waals surface area (Å²) in [7, 11) is 1.64. The molecule has 0 bridgehead atoms. The van der Waals surface area contributed by atoms with Gasteiger partial charge in [0.25, 0.3) is 5.91 Å². The minimum absolute atomic E-state index is 0.0797. The number of nitrogens with one attached hydrogen (secondary N) is 1. The molecule has 1 aliphatic rings. The first-order valence-corrected chi connectivity index (χ1v) is 5.54. The van der Waals surface area contributed by atoms with Gasteiger partial charge in [0.15, 0.2) is 0 Å². The summed E-state index contributed by atoms with van der Waals surface area (Å²) in [6.07, 6.45) is 0.835. The van der Waals surface area contributed by atoms with Crippen molar-refractivity contribution in [2.75, 3.05) is 13.7 Å². The quantitative estimate of drug-likeness (QED) is 0.805. The van der Waals surface area contributed by atoms with Crippen molar-refractivity contribution >= 4 is 16.8 Å². The number of nitrogens with zero attached hydrogens (tertiary/aromatic N) is 1. The van der Waals surface area contributed by atoms with Gasteiger partial charge in [-0.3, -0.25) is 4.79 Å². The first kappa shape index (κ1) is 10.1. The summed E-state index contributed by atoms with van der Waals surface area (Å²) in [5.74, 6) is 0.725. The molecule has 0 fully saturated rings. The van der Waals surface area contributed by atoms with Crippen LogP contribution in [0.3, 0.4) is 0 Å². The van der Waals surface area contributed by atoms with E-state index in [2.05, 4.69) is 10.3 Å². The summed E-state index contributed by atoms with van der Waals surface area (Å²) in [4.78, 5) is 16.1. The second kappa shape index (κ2) is 3.73. The van der Waals surface area contributed by atoms with Crippen LogP contribution < -0.4 is 10.1 Å². The monoisotopic (exact) mass is 228 g/mol. The highest BCUT2D eigenvalue weighted by Gasteiger charge is 2.18. The molecule has 0 unspecified atom stereocenters. The van der Waals surface area contributed by atoms with Crippen LogP contribution in [0.1, 0.15) is 16.1 Å². The Labute approximate surface area is 98.6 Å². The number of ether oxygens (including phenoxy) is 1. The predicted octanol–water partition coefficient (Wildman–Crippen LogP) is 1.53. The Morgan fingerprint density at radius 1 is 1.35 bits per heavy atom. The third-order valence-electron chi connectivity index (χ3n) is 3.00. The van der Waals surface area contributed by atoms with Gasteiger partial charge < -0.3 is 10.1 Å². The molecular formula is C13H12N2O2. The van der Waals surface area contributed by atoms with Crippen LogP contribution in [0.5, 0.6) is 5.75 Å². The number of aromatic nitrogens is 1. The zero-order valence-electron chi connectivity index (χ0n) is 9.49. The Kier molecular flexibility index (Phi) is 2.21. The second-order valence-corrected chi connectivity index (χ2v) is 4.06. The van der Waals surface area contributed by atoms with Crippen molar-refractivity contribution in [1.29, 1.82) is 0 Å². The summed E-state index contributed by atoms with van der Waals surface area (Å²) >= 11 is 0. The van der Waals surface area contributed by atoms with Crippen molar-refractivity contribution in [2.45, 2.75) is 6.42 Å². The fourth-order valence-corrected chi connectivity index (χ4v) is 2.11. The number of fused-ring (bicyclic) bond motifs is 2. The molecule has 1 amide bonds. The first-order valence-electron chi connectivity index (χ1n) is 5.54. The van der Waals surface area contributed by atoms with Crippen LogP contribution in [0.4, 0.5) is 0 Å². The summed E-state index contributed by atoms with van der Waals surface area (Å²) in [6.45, 7) is 0.684. The molecule has 86 valence electrons. The van der Waals surface area contributed by atoms with E-state index in [4.69, 9.17) is 4.74 Å². The van der Waals surface area contributed by atoms with Crippen molar-refractivity contribution in [1.82, 2.24) is 10.3 Å². The number of amides is 1. The lowest BCUT2D eigenvalue weighted by Gasteiger charge is -2.16. The number of carbonyl (C=O) groups excluding carboxylic acids is 1. The largest absolute Gasteiger partial charge is 0.497 e. The smallest absolute Gasteiger partial charge is 0.270 e. The normalized spacial score (nSPS) is 14.3. The van der Waals surface area contributed by atoms with Crippen molar-refractivity contribution in [2.24, 2.45) is 0 Å². The Morgan fingerprint density at radius 2 is 2.24 bits per heavy atom. The van der Waals surface area contributed by atoms with Gasteiger partial charge in [-0.25, -0.2) is 4.98 Å². The molecule has 2 heterocycles. The van der Waals surface area contributed by atoms with Gasteiger partial charge in [-0.1, -0.05) is 0 Å². The van der Waals surface area contributed by atoms with Gasteiger partial charge in [-0.2, -0.15) is 0 Å². The van der Waals surface area contributed by atoms with Gasteiger partial charge in [-0.15, -0.1) is 0 Å². The molecule has 17 heavy (non-hydrogen) atoms. The number of methoxy groups -OCH3 is 1. The molecule has 3 rings (SSSR count). The highest BCUT2D eigenvalue weighted by atomic mass is 16.5. The Hall–Kier alpha value is -2.10. The van der Waals surface area contributed by atoms with E-state index < -0.39 is 0 Å². The number of hydrogen-bond acceptors (Lipinski definition) is 3. The Morgan fingerprint density at radius 3 is 3.06 bits per heavy atom. The van der Waals surface area contributed by atoms with E-state index in [1.54, 1.807) is 7.11 Å². The van der Waals surface area contributed by atoms with Crippen LogP contribution in [-0.2, 0) is 6.42 Å². The maximum atomic E-state index is 11.7. The molecule has 0 atom stereocenters. The highest BCUT2D eigenvalue weighted by Crippen LogP contribution is 2.23. The van der Waals surface area contributed by atoms with Crippen molar-refractivity contribution in [3.63, 3.8) is 0 Å². The summed E-state index contributed by atoms with van der Waals surface area (Å²) < 4.78 is 5.18. The molecule has 1 N–H and O–H groups in total. The number of hydrogen-bond donors (Lipinski definition) is 1. The van der Waals surface area contributed by atoms with Crippen molar-refractivity contribution < 1.29 is 9.53 Å². The van der Waals surface area contributed by atoms with Crippen LogP contribution in [0.2, 0.25) is 0 Å². The SMILES string of the molecule is COc1ccc2nc3c(cc2c1)CCNC3=O. The van der Waals surface area contributed by atoms with E-state index in [1.807, 2.05) is 24.3 Å². The molecule has 1 aromatic heterocycles. The van der Waals surface area contributed by atoms with Crippen LogP contribution in [0.15, 0.2) is 24.3 Å². The molecule has 0 saturated heterocycles. The van der Waals surface area contributed by atoms with Crippen LogP contribution in [-0.4, -0.2) is 24.5 Å². The van der Waals surface area contributed by atoms with Gasteiger partial charge in [0.05, 0.1) is 12.6 Å². The molecule has 0 spiro atoms. The molecule has 1 aliphatic heterocycles. The van der Waals surface area contributed by atoms with Crippen LogP contribution in [0.25, 0.3) is 10.9 Å². The first-order chi connectivity index (χ1) is 8.28.